The molecular weight excluding hydrogens is 186 g/mol. The summed E-state index contributed by atoms with van der Waals surface area (Å²) in [6, 6.07) is 0. The maximum atomic E-state index is 11.1. The van der Waals surface area contributed by atoms with E-state index in [2.05, 4.69) is 0 Å². The Morgan fingerprint density at radius 2 is 1.86 bits per heavy atom. The van der Waals surface area contributed by atoms with Gasteiger partial charge in [0.05, 0.1) is 0 Å². The molecule has 1 heterocycles. The van der Waals surface area contributed by atoms with Gasteiger partial charge in [-0.1, -0.05) is 0 Å². The van der Waals surface area contributed by atoms with Gasteiger partial charge >= 0.3 is 5.97 Å². The molecule has 80 valence electrons. The number of aliphatic carboxylic acids is 1. The van der Waals surface area contributed by atoms with E-state index in [-0.39, 0.29) is 18.2 Å². The number of hydrogen-bond acceptors (Lipinski definition) is 3. The van der Waals surface area contributed by atoms with Gasteiger partial charge in [0.15, 0.2) is 0 Å². The first kappa shape index (κ1) is 11.0. The first-order chi connectivity index (χ1) is 6.63. The molecule has 0 aromatic rings. The van der Waals surface area contributed by atoms with E-state index in [1.165, 1.54) is 0 Å². The molecule has 1 fully saturated rings. The summed E-state index contributed by atoms with van der Waals surface area (Å²) in [5.41, 5.74) is 0. The molecule has 1 rings (SSSR count). The van der Waals surface area contributed by atoms with Crippen molar-refractivity contribution in [3.05, 3.63) is 0 Å². The Labute approximate surface area is 82.3 Å². The number of carbonyl (C=O) groups is 2. The molecule has 0 unspecified atom stereocenters. The standard InChI is InChI=1S/C9H15NO4/c11-6-8(12)10-3-1-7(2-4-10)5-9(13)14/h7,11H,1-6H2,(H,13,14). The van der Waals surface area contributed by atoms with Gasteiger partial charge in [-0.25, -0.2) is 0 Å². The average molecular weight is 201 g/mol. The largest absolute Gasteiger partial charge is 0.481 e. The van der Waals surface area contributed by atoms with Gasteiger partial charge in [0.25, 0.3) is 0 Å². The monoisotopic (exact) mass is 201 g/mol. The van der Waals surface area contributed by atoms with E-state index < -0.39 is 12.6 Å². The number of carboxylic acids is 1. The molecule has 2 N–H and O–H groups in total. The van der Waals surface area contributed by atoms with Crippen molar-refractivity contribution >= 4 is 11.9 Å². The molecule has 0 bridgehead atoms. The van der Waals surface area contributed by atoms with Crippen LogP contribution < -0.4 is 0 Å². The third kappa shape index (κ3) is 2.99. The second-order valence-corrected chi connectivity index (χ2v) is 3.58. The lowest BCUT2D eigenvalue weighted by Gasteiger charge is -2.30. The van der Waals surface area contributed by atoms with Crippen LogP contribution in [0.1, 0.15) is 19.3 Å². The molecule has 1 saturated heterocycles. The van der Waals surface area contributed by atoms with Crippen molar-refractivity contribution in [1.29, 1.82) is 0 Å². The molecule has 0 atom stereocenters. The SMILES string of the molecule is O=C(O)CC1CCN(C(=O)CO)CC1. The predicted octanol–water partition coefficient (Wildman–Crippen LogP) is -0.308. The highest BCUT2D eigenvalue weighted by molar-refractivity contribution is 5.77. The van der Waals surface area contributed by atoms with E-state index in [0.29, 0.717) is 13.1 Å². The summed E-state index contributed by atoms with van der Waals surface area (Å²) in [6.45, 7) is 0.679. The van der Waals surface area contributed by atoms with Crippen molar-refractivity contribution in [2.24, 2.45) is 5.92 Å². The summed E-state index contributed by atoms with van der Waals surface area (Å²) in [7, 11) is 0. The van der Waals surface area contributed by atoms with E-state index in [1.807, 2.05) is 0 Å². The van der Waals surface area contributed by atoms with Crippen LogP contribution in [0, 0.1) is 5.92 Å². The first-order valence-corrected chi connectivity index (χ1v) is 4.74. The van der Waals surface area contributed by atoms with Gasteiger partial charge < -0.3 is 15.1 Å². The second-order valence-electron chi connectivity index (χ2n) is 3.58. The van der Waals surface area contributed by atoms with E-state index in [0.717, 1.165) is 12.8 Å². The Morgan fingerprint density at radius 1 is 1.29 bits per heavy atom. The van der Waals surface area contributed by atoms with Gasteiger partial charge in [-0.3, -0.25) is 9.59 Å². The molecule has 0 aromatic carbocycles. The van der Waals surface area contributed by atoms with Gasteiger partial charge in [-0.05, 0) is 18.8 Å². The van der Waals surface area contributed by atoms with Crippen LogP contribution in [0.4, 0.5) is 0 Å². The Morgan fingerprint density at radius 3 is 2.29 bits per heavy atom. The highest BCUT2D eigenvalue weighted by Gasteiger charge is 2.23. The summed E-state index contributed by atoms with van der Waals surface area (Å²) < 4.78 is 0. The number of hydrogen-bond donors (Lipinski definition) is 2. The highest BCUT2D eigenvalue weighted by Crippen LogP contribution is 2.20. The van der Waals surface area contributed by atoms with Crippen LogP contribution in [-0.2, 0) is 9.59 Å². The van der Waals surface area contributed by atoms with Gasteiger partial charge in [0, 0.05) is 19.5 Å². The van der Waals surface area contributed by atoms with Crippen molar-refractivity contribution < 1.29 is 19.8 Å². The lowest BCUT2D eigenvalue weighted by atomic mass is 9.94. The molecule has 0 saturated carbocycles. The minimum Gasteiger partial charge on any atom is -0.481 e. The maximum Gasteiger partial charge on any atom is 0.303 e. The summed E-state index contributed by atoms with van der Waals surface area (Å²) >= 11 is 0. The molecule has 0 radical (unpaired) electrons. The van der Waals surface area contributed by atoms with Crippen molar-refractivity contribution in [3.63, 3.8) is 0 Å². The summed E-state index contributed by atoms with van der Waals surface area (Å²) in [6.07, 6.45) is 1.62. The lowest BCUT2D eigenvalue weighted by molar-refractivity contribution is -0.139. The first-order valence-electron chi connectivity index (χ1n) is 4.74. The molecule has 14 heavy (non-hydrogen) atoms. The third-order valence-electron chi connectivity index (χ3n) is 2.57. The lowest BCUT2D eigenvalue weighted by Crippen LogP contribution is -2.40. The fourth-order valence-corrected chi connectivity index (χ4v) is 1.73. The Kier molecular flexibility index (Phi) is 3.88. The average Bonchev–Trinajstić information content (AvgIpc) is 2.17. The Bertz CT molecular complexity index is 221. The van der Waals surface area contributed by atoms with Crippen LogP contribution in [0.2, 0.25) is 0 Å². The number of rotatable bonds is 3. The predicted molar refractivity (Wildman–Crippen MR) is 48.6 cm³/mol. The molecular formula is C9H15NO4. The molecule has 1 aliphatic heterocycles. The summed E-state index contributed by atoms with van der Waals surface area (Å²) in [5.74, 6) is -0.869. The maximum absolute atomic E-state index is 11.1. The summed E-state index contributed by atoms with van der Waals surface area (Å²) in [4.78, 5) is 23.1. The smallest absolute Gasteiger partial charge is 0.303 e. The van der Waals surface area contributed by atoms with E-state index in [4.69, 9.17) is 10.2 Å². The highest BCUT2D eigenvalue weighted by atomic mass is 16.4. The van der Waals surface area contributed by atoms with Crippen LogP contribution in [0.15, 0.2) is 0 Å². The summed E-state index contributed by atoms with van der Waals surface area (Å²) in [5, 5.41) is 17.2. The molecule has 5 nitrogen and oxygen atoms in total. The minimum absolute atomic E-state index is 0.176. The van der Waals surface area contributed by atoms with Crippen molar-refractivity contribution in [1.82, 2.24) is 4.90 Å². The minimum atomic E-state index is -0.781. The second kappa shape index (κ2) is 4.95. The quantitative estimate of drug-likeness (QED) is 0.656. The van der Waals surface area contributed by atoms with Crippen LogP contribution >= 0.6 is 0 Å². The Hall–Kier alpha value is -1.10. The molecule has 0 aromatic heterocycles. The number of aliphatic hydroxyl groups excluding tert-OH is 1. The number of carbonyl (C=O) groups excluding carboxylic acids is 1. The number of piperidine rings is 1. The zero-order valence-electron chi connectivity index (χ0n) is 7.98. The topological polar surface area (TPSA) is 77.8 Å². The van der Waals surface area contributed by atoms with E-state index in [1.54, 1.807) is 4.90 Å². The number of likely N-dealkylation sites (tertiary alicyclic amines) is 1. The van der Waals surface area contributed by atoms with E-state index in [9.17, 15) is 9.59 Å². The number of nitrogens with zero attached hydrogens (tertiary/aromatic N) is 1. The number of aliphatic hydroxyl groups is 1. The molecule has 5 heteroatoms. The van der Waals surface area contributed by atoms with Crippen LogP contribution in [-0.4, -0.2) is 46.7 Å². The Balaban J connectivity index is 2.31. The van der Waals surface area contributed by atoms with Crippen molar-refractivity contribution in [3.8, 4) is 0 Å². The van der Waals surface area contributed by atoms with Crippen LogP contribution in [0.25, 0.3) is 0 Å². The van der Waals surface area contributed by atoms with Gasteiger partial charge in [-0.15, -0.1) is 0 Å². The fraction of sp³-hybridized carbons (Fsp3) is 0.778. The number of amides is 1. The number of carboxylic acid groups (broad SMARTS) is 1. The molecule has 0 aliphatic carbocycles. The molecule has 1 aliphatic rings. The fourth-order valence-electron chi connectivity index (χ4n) is 1.73. The van der Waals surface area contributed by atoms with Gasteiger partial charge in [-0.2, -0.15) is 0 Å². The molecule has 1 amide bonds. The zero-order chi connectivity index (χ0) is 10.6. The zero-order valence-corrected chi connectivity index (χ0v) is 7.98. The molecule has 0 spiro atoms. The van der Waals surface area contributed by atoms with Crippen LogP contribution in [0.5, 0.6) is 0 Å². The van der Waals surface area contributed by atoms with Crippen molar-refractivity contribution in [2.45, 2.75) is 19.3 Å². The van der Waals surface area contributed by atoms with Crippen LogP contribution in [0.3, 0.4) is 0 Å². The van der Waals surface area contributed by atoms with Crippen molar-refractivity contribution in [2.75, 3.05) is 19.7 Å². The van der Waals surface area contributed by atoms with Gasteiger partial charge in [0.2, 0.25) is 5.91 Å². The third-order valence-corrected chi connectivity index (χ3v) is 2.57. The van der Waals surface area contributed by atoms with Gasteiger partial charge in [0.1, 0.15) is 6.61 Å². The normalized spacial score (nSPS) is 18.2. The van der Waals surface area contributed by atoms with E-state index >= 15 is 0 Å².